The zero-order valence-electron chi connectivity index (χ0n) is 11.7. The van der Waals surface area contributed by atoms with Crippen LogP contribution in [0.4, 0.5) is 0 Å². The van der Waals surface area contributed by atoms with E-state index in [-0.39, 0.29) is 6.04 Å². The Bertz CT molecular complexity index is 367. The van der Waals surface area contributed by atoms with Crippen molar-refractivity contribution in [3.05, 3.63) is 10.6 Å². The van der Waals surface area contributed by atoms with Crippen LogP contribution in [0.2, 0.25) is 0 Å². The third kappa shape index (κ3) is 3.09. The summed E-state index contributed by atoms with van der Waals surface area (Å²) in [6.07, 6.45) is 6.00. The van der Waals surface area contributed by atoms with E-state index in [2.05, 4.69) is 30.4 Å². The Kier molecular flexibility index (Phi) is 4.73. The Labute approximate surface area is 114 Å². The summed E-state index contributed by atoms with van der Waals surface area (Å²) in [4.78, 5) is 1.24. The van der Waals surface area contributed by atoms with Crippen LogP contribution in [0.3, 0.4) is 0 Å². The second kappa shape index (κ2) is 6.11. The molecule has 3 atom stereocenters. The maximum Gasteiger partial charge on any atom is 0.0803 e. The summed E-state index contributed by atoms with van der Waals surface area (Å²) in [6.45, 7) is 6.89. The van der Waals surface area contributed by atoms with Gasteiger partial charge in [-0.15, -0.1) is 5.10 Å². The van der Waals surface area contributed by atoms with E-state index in [0.717, 1.165) is 30.4 Å². The lowest BCUT2D eigenvalue weighted by Crippen LogP contribution is -2.29. The van der Waals surface area contributed by atoms with E-state index in [1.807, 2.05) is 0 Å². The van der Waals surface area contributed by atoms with Gasteiger partial charge in [0.15, 0.2) is 0 Å². The molecular formula is C14H25N3S. The lowest BCUT2D eigenvalue weighted by molar-refractivity contribution is 0.194. The van der Waals surface area contributed by atoms with Gasteiger partial charge >= 0.3 is 0 Å². The van der Waals surface area contributed by atoms with E-state index >= 15 is 0 Å². The molecule has 1 heterocycles. The van der Waals surface area contributed by atoms with Crippen LogP contribution < -0.4 is 5.73 Å². The molecule has 1 saturated carbocycles. The Balaban J connectivity index is 2.09. The van der Waals surface area contributed by atoms with Gasteiger partial charge in [-0.05, 0) is 55.0 Å². The van der Waals surface area contributed by atoms with Gasteiger partial charge in [0.25, 0.3) is 0 Å². The molecule has 2 rings (SSSR count). The molecule has 1 fully saturated rings. The zero-order chi connectivity index (χ0) is 13.1. The summed E-state index contributed by atoms with van der Waals surface area (Å²) in [6, 6.07) is 0.150. The lowest BCUT2D eigenvalue weighted by Gasteiger charge is -2.34. The van der Waals surface area contributed by atoms with Gasteiger partial charge in [0, 0.05) is 6.04 Å². The Hall–Kier alpha value is -0.480. The van der Waals surface area contributed by atoms with Gasteiger partial charge in [0.2, 0.25) is 0 Å². The molecule has 0 radical (unpaired) electrons. The van der Waals surface area contributed by atoms with Crippen LogP contribution in [0.25, 0.3) is 0 Å². The Morgan fingerprint density at radius 2 is 1.94 bits per heavy atom. The van der Waals surface area contributed by atoms with E-state index in [1.54, 1.807) is 0 Å². The molecule has 1 aromatic heterocycles. The second-order valence-electron chi connectivity index (χ2n) is 6.04. The standard InChI is InChI=1S/C14H25N3S/c1-4-5-12-14(18-17-16-12)13(15)11-7-9(2)6-10(3)8-11/h9-11,13H,4-8,15H2,1-3H3. The van der Waals surface area contributed by atoms with Crippen molar-refractivity contribution in [2.45, 2.75) is 58.9 Å². The summed E-state index contributed by atoms with van der Waals surface area (Å²) in [5.41, 5.74) is 7.64. The summed E-state index contributed by atoms with van der Waals surface area (Å²) in [7, 11) is 0. The van der Waals surface area contributed by atoms with E-state index in [0.29, 0.717) is 5.92 Å². The monoisotopic (exact) mass is 267 g/mol. The van der Waals surface area contributed by atoms with Crippen LogP contribution in [0.15, 0.2) is 0 Å². The normalized spacial score (nSPS) is 30.3. The van der Waals surface area contributed by atoms with Crippen LogP contribution in [-0.4, -0.2) is 9.59 Å². The molecule has 3 nitrogen and oxygen atoms in total. The largest absolute Gasteiger partial charge is 0.323 e. The predicted octanol–water partition coefficient (Wildman–Crippen LogP) is 3.56. The molecular weight excluding hydrogens is 242 g/mol. The quantitative estimate of drug-likeness (QED) is 0.907. The molecule has 3 unspecified atom stereocenters. The highest BCUT2D eigenvalue weighted by Crippen LogP contribution is 2.40. The number of hydrogen-bond acceptors (Lipinski definition) is 4. The highest BCUT2D eigenvalue weighted by molar-refractivity contribution is 7.05. The van der Waals surface area contributed by atoms with Gasteiger partial charge in [0.05, 0.1) is 10.6 Å². The van der Waals surface area contributed by atoms with E-state index in [9.17, 15) is 0 Å². The Morgan fingerprint density at radius 1 is 1.28 bits per heavy atom. The summed E-state index contributed by atoms with van der Waals surface area (Å²) in [5.74, 6) is 2.22. The average Bonchev–Trinajstić information content (AvgIpc) is 2.75. The van der Waals surface area contributed by atoms with Crippen molar-refractivity contribution >= 4 is 11.5 Å². The molecule has 1 aromatic rings. The van der Waals surface area contributed by atoms with Crippen LogP contribution in [0.1, 0.15) is 63.1 Å². The minimum absolute atomic E-state index is 0.150. The first-order valence-electron chi connectivity index (χ1n) is 7.18. The number of nitrogens with two attached hydrogens (primary N) is 1. The fourth-order valence-electron chi connectivity index (χ4n) is 3.40. The third-order valence-electron chi connectivity index (χ3n) is 4.10. The fraction of sp³-hybridized carbons (Fsp3) is 0.857. The summed E-state index contributed by atoms with van der Waals surface area (Å²) >= 11 is 1.51. The summed E-state index contributed by atoms with van der Waals surface area (Å²) < 4.78 is 4.11. The maximum atomic E-state index is 6.50. The number of aryl methyl sites for hydroxylation is 1. The molecule has 0 saturated heterocycles. The van der Waals surface area contributed by atoms with Gasteiger partial charge in [-0.2, -0.15) is 0 Å². The minimum atomic E-state index is 0.150. The zero-order valence-corrected chi connectivity index (χ0v) is 12.5. The molecule has 0 bridgehead atoms. The molecule has 18 heavy (non-hydrogen) atoms. The molecule has 0 aliphatic heterocycles. The van der Waals surface area contributed by atoms with Gasteiger partial charge in [-0.25, -0.2) is 0 Å². The van der Waals surface area contributed by atoms with E-state index in [4.69, 9.17) is 5.73 Å². The molecule has 1 aliphatic carbocycles. The van der Waals surface area contributed by atoms with E-state index < -0.39 is 0 Å². The number of rotatable bonds is 4. The van der Waals surface area contributed by atoms with Crippen molar-refractivity contribution < 1.29 is 0 Å². The molecule has 2 N–H and O–H groups in total. The topological polar surface area (TPSA) is 51.8 Å². The molecule has 102 valence electrons. The third-order valence-corrected chi connectivity index (χ3v) is 4.97. The van der Waals surface area contributed by atoms with Gasteiger partial charge in [-0.3, -0.25) is 0 Å². The maximum absolute atomic E-state index is 6.50. The molecule has 1 aliphatic rings. The van der Waals surface area contributed by atoms with Crippen molar-refractivity contribution in [1.82, 2.24) is 9.59 Å². The fourth-order valence-corrected chi connectivity index (χ4v) is 4.19. The molecule has 0 amide bonds. The molecule has 4 heteroatoms. The number of aromatic nitrogens is 2. The molecule has 0 aromatic carbocycles. The lowest BCUT2D eigenvalue weighted by atomic mass is 9.73. The van der Waals surface area contributed by atoms with Crippen molar-refractivity contribution in [3.63, 3.8) is 0 Å². The van der Waals surface area contributed by atoms with Gasteiger partial charge in [-0.1, -0.05) is 31.7 Å². The van der Waals surface area contributed by atoms with Gasteiger partial charge < -0.3 is 5.73 Å². The van der Waals surface area contributed by atoms with Crippen molar-refractivity contribution in [2.24, 2.45) is 23.5 Å². The average molecular weight is 267 g/mol. The van der Waals surface area contributed by atoms with Crippen LogP contribution in [0, 0.1) is 17.8 Å². The van der Waals surface area contributed by atoms with Crippen LogP contribution in [0.5, 0.6) is 0 Å². The predicted molar refractivity (Wildman–Crippen MR) is 76.5 cm³/mol. The van der Waals surface area contributed by atoms with Crippen LogP contribution >= 0.6 is 11.5 Å². The highest BCUT2D eigenvalue weighted by Gasteiger charge is 2.31. The summed E-state index contributed by atoms with van der Waals surface area (Å²) in [5, 5.41) is 4.25. The van der Waals surface area contributed by atoms with Crippen molar-refractivity contribution in [3.8, 4) is 0 Å². The van der Waals surface area contributed by atoms with E-state index in [1.165, 1.54) is 35.7 Å². The Morgan fingerprint density at radius 3 is 2.56 bits per heavy atom. The van der Waals surface area contributed by atoms with Crippen molar-refractivity contribution in [1.29, 1.82) is 0 Å². The smallest absolute Gasteiger partial charge is 0.0803 e. The second-order valence-corrected chi connectivity index (χ2v) is 6.82. The number of hydrogen-bond donors (Lipinski definition) is 1. The van der Waals surface area contributed by atoms with Gasteiger partial charge in [0.1, 0.15) is 0 Å². The first-order valence-corrected chi connectivity index (χ1v) is 7.95. The first kappa shape index (κ1) is 13.9. The first-order chi connectivity index (χ1) is 8.61. The highest BCUT2D eigenvalue weighted by atomic mass is 32.1. The van der Waals surface area contributed by atoms with Crippen molar-refractivity contribution in [2.75, 3.05) is 0 Å². The minimum Gasteiger partial charge on any atom is -0.323 e. The molecule has 0 spiro atoms. The number of nitrogens with zero attached hydrogens (tertiary/aromatic N) is 2. The van der Waals surface area contributed by atoms with Crippen LogP contribution in [-0.2, 0) is 6.42 Å². The SMILES string of the molecule is CCCc1nnsc1C(N)C1CC(C)CC(C)C1.